The molecule has 1 aliphatic heterocycles. The number of benzene rings is 3. The molecule has 4 aliphatic carbocycles. The van der Waals surface area contributed by atoms with E-state index in [1.807, 2.05) is 13.8 Å². The van der Waals surface area contributed by atoms with Crippen molar-refractivity contribution < 1.29 is 40.1 Å². The topological polar surface area (TPSA) is 131 Å². The Morgan fingerprint density at radius 3 is 2.00 bits per heavy atom. The van der Waals surface area contributed by atoms with Crippen LogP contribution < -0.4 is 9.50 Å². The van der Waals surface area contributed by atoms with Gasteiger partial charge >= 0.3 is 21.7 Å². The number of fused-ring (bicyclic) bond motifs is 10. The third-order valence-corrected chi connectivity index (χ3v) is 14.1. The summed E-state index contributed by atoms with van der Waals surface area (Å²) in [6.45, 7) is 4.35. The molecule has 4 aromatic rings. The van der Waals surface area contributed by atoms with Gasteiger partial charge in [0.05, 0.1) is 25.0 Å². The highest BCUT2D eigenvalue weighted by atomic mass is 32.2. The predicted octanol–water partition coefficient (Wildman–Crippen LogP) is 9.41. The van der Waals surface area contributed by atoms with E-state index in [0.29, 0.717) is 29.8 Å². The zero-order valence-corrected chi connectivity index (χ0v) is 32.8. The molecule has 2 amide bonds. The molecule has 4 bridgehead atoms. The Kier molecular flexibility index (Phi) is 9.21. The Labute approximate surface area is 329 Å². The molecule has 14 heteroatoms. The second kappa shape index (κ2) is 13.9. The molecular weight excluding hydrogens is 758 g/mol. The first-order valence-electron chi connectivity index (χ1n) is 19.9. The van der Waals surface area contributed by atoms with Crippen LogP contribution in [0.25, 0.3) is 33.5 Å². The van der Waals surface area contributed by atoms with Gasteiger partial charge in [0.1, 0.15) is 17.6 Å². The lowest BCUT2D eigenvalue weighted by molar-refractivity contribution is -0.135. The first-order chi connectivity index (χ1) is 27.2. The van der Waals surface area contributed by atoms with Gasteiger partial charge < -0.3 is 24.1 Å². The molecule has 2 N–H and O–H groups in total. The quantitative estimate of drug-likeness (QED) is 0.127. The summed E-state index contributed by atoms with van der Waals surface area (Å²) < 4.78 is 73.8. The van der Waals surface area contributed by atoms with Crippen molar-refractivity contribution >= 4 is 22.1 Å². The van der Waals surface area contributed by atoms with Crippen LogP contribution in [0.4, 0.5) is 18.0 Å². The fourth-order valence-electron chi connectivity index (χ4n) is 10.6. The average Bonchev–Trinajstić information content (AvgIpc) is 4.05. The third kappa shape index (κ3) is 6.29. The van der Waals surface area contributed by atoms with Crippen molar-refractivity contribution in [3.63, 3.8) is 0 Å². The number of nitrogens with zero attached hydrogens (tertiary/aromatic N) is 2. The second-order valence-electron chi connectivity index (χ2n) is 16.6. The van der Waals surface area contributed by atoms with Crippen molar-refractivity contribution in [3.8, 4) is 39.3 Å². The van der Waals surface area contributed by atoms with Crippen molar-refractivity contribution in [1.29, 1.82) is 0 Å². The fourth-order valence-corrected chi connectivity index (χ4v) is 11.1. The Hall–Kier alpha value is -4.85. The highest BCUT2D eigenvalue weighted by Gasteiger charge is 2.50. The minimum absolute atomic E-state index is 0.0243. The number of amides is 2. The molecule has 10 nitrogen and oxygen atoms in total. The molecule has 3 aromatic carbocycles. The monoisotopic (exact) mass is 802 g/mol. The standard InChI is InChI=1S/C43H45F3N4O6S/c1-22(2)39(49-42(52)55-3)41(51)50-18-4-5-33(50)40-47-21-32(48-40)24-8-6-23(7-9-24)29-14-15-30(36-26-11-10-25(19-26)35(29)36)31-16-17-34(56-57(53,54)43(44,45)46)38-28-13-12-27(20-28)37(31)38/h6-9,14-17,21-22,25-28,33,39H,4-5,10-13,18-20H2,1-3H3,(H,47,48)(H,49,52)/t25?,26?,27?,28?,33-,39-/m0/s1. The number of aromatic nitrogens is 2. The van der Waals surface area contributed by atoms with Crippen LogP contribution in [-0.4, -0.2) is 60.5 Å². The van der Waals surface area contributed by atoms with Crippen molar-refractivity contribution in [2.45, 2.75) is 106 Å². The van der Waals surface area contributed by atoms with Gasteiger partial charge in [-0.15, -0.1) is 0 Å². The van der Waals surface area contributed by atoms with E-state index < -0.39 is 27.8 Å². The van der Waals surface area contributed by atoms with Crippen LogP contribution in [0.5, 0.6) is 5.75 Å². The third-order valence-electron chi connectivity index (χ3n) is 13.2. The summed E-state index contributed by atoms with van der Waals surface area (Å²) in [4.78, 5) is 35.6. The number of alkyl carbamates (subject to hydrolysis) is 1. The van der Waals surface area contributed by atoms with Crippen molar-refractivity contribution in [1.82, 2.24) is 20.2 Å². The summed E-state index contributed by atoms with van der Waals surface area (Å²) >= 11 is 0. The Morgan fingerprint density at radius 2 is 1.39 bits per heavy atom. The van der Waals surface area contributed by atoms with E-state index in [-0.39, 0.29) is 35.5 Å². The van der Waals surface area contributed by atoms with E-state index in [1.165, 1.54) is 29.9 Å². The molecule has 300 valence electrons. The maximum Gasteiger partial charge on any atom is 0.534 e. The zero-order valence-electron chi connectivity index (χ0n) is 32.0. The number of rotatable bonds is 9. The summed E-state index contributed by atoms with van der Waals surface area (Å²) in [6.07, 6.45) is 8.48. The Bertz CT molecular complexity index is 2380. The summed E-state index contributed by atoms with van der Waals surface area (Å²) in [7, 11) is -4.51. The van der Waals surface area contributed by atoms with Crippen molar-refractivity contribution in [2.75, 3.05) is 13.7 Å². The lowest BCUT2D eigenvalue weighted by atomic mass is 9.78. The molecule has 5 aliphatic rings. The largest absolute Gasteiger partial charge is 0.534 e. The normalized spacial score (nSPS) is 23.8. The highest BCUT2D eigenvalue weighted by Crippen LogP contribution is 2.62. The van der Waals surface area contributed by atoms with E-state index >= 15 is 0 Å². The van der Waals surface area contributed by atoms with E-state index in [9.17, 15) is 31.2 Å². The van der Waals surface area contributed by atoms with Gasteiger partial charge in [-0.2, -0.15) is 21.6 Å². The number of methoxy groups -OCH3 is 1. The van der Waals surface area contributed by atoms with E-state index in [2.05, 4.69) is 46.7 Å². The van der Waals surface area contributed by atoms with Crippen LogP contribution in [0.15, 0.2) is 54.7 Å². The first kappa shape index (κ1) is 37.7. The number of imidazole rings is 1. The number of hydrogen-bond acceptors (Lipinski definition) is 7. The Balaban J connectivity index is 1.01. The van der Waals surface area contributed by atoms with Gasteiger partial charge in [-0.05, 0) is 132 Å². The maximum atomic E-state index is 13.6. The average molecular weight is 803 g/mol. The first-order valence-corrected chi connectivity index (χ1v) is 21.3. The number of alkyl halides is 3. The molecule has 6 atom stereocenters. The number of H-pyrrole nitrogens is 1. The van der Waals surface area contributed by atoms with Gasteiger partial charge in [-0.25, -0.2) is 9.78 Å². The number of carbonyl (C=O) groups is 2. The van der Waals surface area contributed by atoms with Gasteiger partial charge in [0, 0.05) is 12.1 Å². The van der Waals surface area contributed by atoms with Crippen molar-refractivity contribution in [3.05, 3.63) is 82.8 Å². The SMILES string of the molecule is COC(=O)N[C@H](C(=O)N1CCC[C@H]1c1ncc(-c2ccc(-c3ccc(-c4ccc(OS(=O)(=O)C(F)(F)F)c5c4C4CCC5C4)c4c3C3CCC4C3)cc2)[nH]1)C(C)C. The minimum Gasteiger partial charge on any atom is -0.453 e. The van der Waals surface area contributed by atoms with Crippen LogP contribution in [0, 0.1) is 5.92 Å². The minimum atomic E-state index is -5.79. The van der Waals surface area contributed by atoms with Gasteiger partial charge in [-0.1, -0.05) is 56.3 Å². The lowest BCUT2D eigenvalue weighted by Gasteiger charge is -2.30. The van der Waals surface area contributed by atoms with E-state index in [4.69, 9.17) is 13.9 Å². The molecule has 4 unspecified atom stereocenters. The van der Waals surface area contributed by atoms with E-state index in [0.717, 1.165) is 84.9 Å². The van der Waals surface area contributed by atoms with Crippen LogP contribution >= 0.6 is 0 Å². The van der Waals surface area contributed by atoms with E-state index in [1.54, 1.807) is 17.2 Å². The molecule has 0 spiro atoms. The lowest BCUT2D eigenvalue weighted by Crippen LogP contribution is -2.51. The molecule has 2 saturated carbocycles. The molecule has 1 aromatic heterocycles. The Morgan fingerprint density at radius 1 is 0.825 bits per heavy atom. The number of aromatic amines is 1. The number of carbonyl (C=O) groups excluding carboxylic acids is 2. The number of hydrogen-bond donors (Lipinski definition) is 2. The van der Waals surface area contributed by atoms with Gasteiger partial charge in [0.2, 0.25) is 5.91 Å². The van der Waals surface area contributed by atoms with Gasteiger partial charge in [0.15, 0.2) is 0 Å². The summed E-state index contributed by atoms with van der Waals surface area (Å²) in [6, 6.07) is 15.0. The predicted molar refractivity (Wildman–Crippen MR) is 207 cm³/mol. The fraction of sp³-hybridized carbons (Fsp3) is 0.465. The molecular formula is C43H45F3N4O6S. The number of ether oxygens (including phenoxy) is 1. The zero-order chi connectivity index (χ0) is 40.0. The molecule has 0 radical (unpaired) electrons. The van der Waals surface area contributed by atoms with Crippen LogP contribution in [0.1, 0.15) is 123 Å². The smallest absolute Gasteiger partial charge is 0.453 e. The molecule has 2 heterocycles. The van der Waals surface area contributed by atoms with Crippen molar-refractivity contribution in [2.24, 2.45) is 5.92 Å². The van der Waals surface area contributed by atoms with Crippen LogP contribution in [0.2, 0.25) is 0 Å². The summed E-state index contributed by atoms with van der Waals surface area (Å²) in [5, 5.41) is 2.69. The molecule has 57 heavy (non-hydrogen) atoms. The molecule has 3 fully saturated rings. The molecule has 1 saturated heterocycles. The number of halogens is 3. The van der Waals surface area contributed by atoms with Crippen LogP contribution in [0.3, 0.4) is 0 Å². The molecule has 9 rings (SSSR count). The van der Waals surface area contributed by atoms with Crippen LogP contribution in [-0.2, 0) is 19.6 Å². The highest BCUT2D eigenvalue weighted by molar-refractivity contribution is 7.88. The number of likely N-dealkylation sites (tertiary alicyclic amines) is 1. The number of nitrogens with one attached hydrogen (secondary N) is 2. The second-order valence-corrected chi connectivity index (χ2v) is 18.2. The summed E-state index contributed by atoms with van der Waals surface area (Å²) in [5.41, 5.74) is 4.84. The summed E-state index contributed by atoms with van der Waals surface area (Å²) in [5.74, 6) is 1.14. The van der Waals surface area contributed by atoms with Gasteiger partial charge in [-0.3, -0.25) is 4.79 Å². The maximum absolute atomic E-state index is 13.6. The van der Waals surface area contributed by atoms with Gasteiger partial charge in [0.25, 0.3) is 0 Å².